The number of hydrogen-bond acceptors (Lipinski definition) is 6. The molecule has 8 nitrogen and oxygen atoms in total. The van der Waals surface area contributed by atoms with E-state index in [2.05, 4.69) is 0 Å². The van der Waals surface area contributed by atoms with E-state index in [-0.39, 0.29) is 18.0 Å². The molecule has 3 aromatic carbocycles. The van der Waals surface area contributed by atoms with Gasteiger partial charge in [-0.2, -0.15) is 0 Å². The maximum Gasteiger partial charge on any atom is 0.276 e. The van der Waals surface area contributed by atoms with Gasteiger partial charge in [-0.15, -0.1) is 0 Å². The minimum Gasteiger partial charge on any atom is -0.494 e. The van der Waals surface area contributed by atoms with E-state index in [0.29, 0.717) is 17.7 Å². The Balaban J connectivity index is 1.68. The summed E-state index contributed by atoms with van der Waals surface area (Å²) in [6.45, 7) is 0.864. The minimum atomic E-state index is -0.635. The Labute approximate surface area is 185 Å². The van der Waals surface area contributed by atoms with Gasteiger partial charge in [-0.25, -0.2) is 0 Å². The smallest absolute Gasteiger partial charge is 0.276 e. The van der Waals surface area contributed by atoms with Crippen molar-refractivity contribution in [2.45, 2.75) is 25.7 Å². The van der Waals surface area contributed by atoms with E-state index in [1.54, 1.807) is 12.1 Å². The number of hydrogen-bond donors (Lipinski definition) is 1. The van der Waals surface area contributed by atoms with E-state index in [1.165, 1.54) is 12.1 Å². The molecule has 32 heavy (non-hydrogen) atoms. The molecule has 0 aromatic heterocycles. The highest BCUT2D eigenvalue weighted by Gasteiger charge is 2.17. The molecule has 0 unspecified atom stereocenters. The fourth-order valence-corrected chi connectivity index (χ4v) is 3.33. The molecule has 0 fully saturated rings. The largest absolute Gasteiger partial charge is 0.494 e. The lowest BCUT2D eigenvalue weighted by Crippen LogP contribution is -1.97. The van der Waals surface area contributed by atoms with Gasteiger partial charge in [-0.05, 0) is 53.6 Å². The van der Waals surface area contributed by atoms with Crippen LogP contribution in [0.2, 0.25) is 0 Å². The lowest BCUT2D eigenvalue weighted by atomic mass is 9.99. The monoisotopic (exact) mass is 436 g/mol. The molecule has 0 saturated heterocycles. The molecule has 3 aromatic rings. The number of aliphatic hydroxyl groups excluding tert-OH is 1. The molecule has 0 saturated carbocycles. The summed E-state index contributed by atoms with van der Waals surface area (Å²) in [5, 5.41) is 31.0. The molecule has 0 heterocycles. The van der Waals surface area contributed by atoms with Gasteiger partial charge in [0.15, 0.2) is 0 Å². The number of nitro benzene ring substituents is 2. The molecule has 0 bridgehead atoms. The van der Waals surface area contributed by atoms with Gasteiger partial charge in [0.05, 0.1) is 22.5 Å². The van der Waals surface area contributed by atoms with Gasteiger partial charge in [0.25, 0.3) is 11.4 Å². The van der Waals surface area contributed by atoms with Gasteiger partial charge < -0.3 is 9.84 Å². The van der Waals surface area contributed by atoms with E-state index in [1.807, 2.05) is 36.4 Å². The third-order valence-corrected chi connectivity index (χ3v) is 5.05. The van der Waals surface area contributed by atoms with E-state index < -0.39 is 9.85 Å². The van der Waals surface area contributed by atoms with Crippen LogP contribution in [0, 0.1) is 20.2 Å². The van der Waals surface area contributed by atoms with E-state index in [4.69, 9.17) is 9.84 Å². The summed E-state index contributed by atoms with van der Waals surface area (Å²) in [5.74, 6) is 0.788. The minimum absolute atomic E-state index is 0.231. The summed E-state index contributed by atoms with van der Waals surface area (Å²) in [7, 11) is 0. The molecule has 166 valence electrons. The van der Waals surface area contributed by atoms with E-state index in [0.717, 1.165) is 48.6 Å². The fraction of sp³-hybridized carbons (Fsp3) is 0.250. The molecular formula is C24H24N2O6. The molecular weight excluding hydrogens is 412 g/mol. The van der Waals surface area contributed by atoms with Crippen LogP contribution in [-0.2, 0) is 0 Å². The van der Waals surface area contributed by atoms with Crippen LogP contribution in [0.15, 0.2) is 66.7 Å². The summed E-state index contributed by atoms with van der Waals surface area (Å²) >= 11 is 0. The molecule has 0 aliphatic carbocycles. The van der Waals surface area contributed by atoms with Crippen molar-refractivity contribution in [3.8, 4) is 28.0 Å². The maximum atomic E-state index is 11.1. The highest BCUT2D eigenvalue weighted by atomic mass is 16.6. The molecule has 0 aliphatic rings. The zero-order valence-corrected chi connectivity index (χ0v) is 17.5. The number of unbranched alkanes of at least 4 members (excludes halogenated alkanes) is 3. The third-order valence-electron chi connectivity index (χ3n) is 5.05. The summed E-state index contributed by atoms with van der Waals surface area (Å²) in [6.07, 6.45) is 3.79. The molecule has 0 aliphatic heterocycles. The molecule has 8 heteroatoms. The van der Waals surface area contributed by atoms with Crippen LogP contribution in [0.25, 0.3) is 22.3 Å². The number of ether oxygens (including phenoxy) is 1. The molecule has 0 atom stereocenters. The Morgan fingerprint density at radius 3 is 1.62 bits per heavy atom. The van der Waals surface area contributed by atoms with Crippen LogP contribution in [0.5, 0.6) is 5.75 Å². The maximum absolute atomic E-state index is 11.1. The van der Waals surface area contributed by atoms with Crippen molar-refractivity contribution in [3.63, 3.8) is 0 Å². The van der Waals surface area contributed by atoms with Gasteiger partial charge in [0, 0.05) is 18.7 Å². The first-order chi connectivity index (χ1) is 15.5. The first-order valence-electron chi connectivity index (χ1n) is 10.4. The van der Waals surface area contributed by atoms with Crippen LogP contribution in [0.1, 0.15) is 25.7 Å². The first-order valence-corrected chi connectivity index (χ1v) is 10.4. The van der Waals surface area contributed by atoms with Gasteiger partial charge in [-0.3, -0.25) is 20.2 Å². The number of non-ortho nitro benzene ring substituents is 2. The molecule has 0 radical (unpaired) electrons. The number of nitrogens with zero attached hydrogens (tertiary/aromatic N) is 2. The van der Waals surface area contributed by atoms with Crippen LogP contribution in [0.3, 0.4) is 0 Å². The second-order valence-corrected chi connectivity index (χ2v) is 7.34. The number of benzene rings is 3. The van der Waals surface area contributed by atoms with Crippen molar-refractivity contribution >= 4 is 11.4 Å². The molecule has 0 amide bonds. The average molecular weight is 436 g/mol. The zero-order chi connectivity index (χ0) is 22.9. The van der Waals surface area contributed by atoms with Crippen LogP contribution >= 0.6 is 0 Å². The van der Waals surface area contributed by atoms with Crippen molar-refractivity contribution in [1.82, 2.24) is 0 Å². The van der Waals surface area contributed by atoms with Crippen molar-refractivity contribution in [3.05, 3.63) is 87.0 Å². The Kier molecular flexibility index (Phi) is 7.88. The second kappa shape index (κ2) is 11.0. The van der Waals surface area contributed by atoms with Crippen LogP contribution < -0.4 is 4.74 Å². The van der Waals surface area contributed by atoms with Gasteiger partial charge in [0.2, 0.25) is 0 Å². The average Bonchev–Trinajstić information content (AvgIpc) is 2.81. The molecule has 0 spiro atoms. The highest BCUT2D eigenvalue weighted by molar-refractivity contribution is 5.73. The molecule has 3 rings (SSSR count). The van der Waals surface area contributed by atoms with E-state index in [9.17, 15) is 20.2 Å². The number of aliphatic hydroxyl groups is 1. The van der Waals surface area contributed by atoms with Gasteiger partial charge >= 0.3 is 0 Å². The Morgan fingerprint density at radius 1 is 0.656 bits per heavy atom. The quantitative estimate of drug-likeness (QED) is 0.232. The summed E-state index contributed by atoms with van der Waals surface area (Å²) in [4.78, 5) is 21.0. The van der Waals surface area contributed by atoms with Crippen molar-refractivity contribution in [1.29, 1.82) is 0 Å². The Bertz CT molecular complexity index is 1030. The van der Waals surface area contributed by atoms with Gasteiger partial charge in [0.1, 0.15) is 5.75 Å². The standard InChI is InChI=1S/C24H24N2O6/c27-13-3-1-2-4-14-32-24-11-9-19(10-12-24)18-5-7-20(8-6-18)21-15-22(25(28)29)17-23(16-21)26(30)31/h5-12,15-17,27H,1-4,13-14H2. The Morgan fingerprint density at radius 2 is 1.12 bits per heavy atom. The summed E-state index contributed by atoms with van der Waals surface area (Å²) in [6, 6.07) is 18.6. The SMILES string of the molecule is O=[N+]([O-])c1cc(-c2ccc(-c3ccc(OCCCCCCO)cc3)cc2)cc([N+](=O)[O-])c1. The van der Waals surface area contributed by atoms with Gasteiger partial charge in [-0.1, -0.05) is 42.8 Å². The highest BCUT2D eigenvalue weighted by Crippen LogP contribution is 2.31. The second-order valence-electron chi connectivity index (χ2n) is 7.34. The fourth-order valence-electron chi connectivity index (χ4n) is 3.33. The van der Waals surface area contributed by atoms with Crippen molar-refractivity contribution in [2.75, 3.05) is 13.2 Å². The number of nitro groups is 2. The predicted octanol–water partition coefficient (Wildman–Crippen LogP) is 5.77. The lowest BCUT2D eigenvalue weighted by Gasteiger charge is -2.08. The summed E-state index contributed by atoms with van der Waals surface area (Å²) < 4.78 is 5.74. The zero-order valence-electron chi connectivity index (χ0n) is 17.5. The topological polar surface area (TPSA) is 116 Å². The summed E-state index contributed by atoms with van der Waals surface area (Å²) in [5.41, 5.74) is 2.37. The molecule has 1 N–H and O–H groups in total. The third kappa shape index (κ3) is 6.12. The lowest BCUT2D eigenvalue weighted by molar-refractivity contribution is -0.394. The number of rotatable bonds is 11. The first kappa shape index (κ1) is 22.9. The van der Waals surface area contributed by atoms with Crippen LogP contribution in [0.4, 0.5) is 11.4 Å². The Hall–Kier alpha value is -3.78. The van der Waals surface area contributed by atoms with Crippen molar-refractivity contribution < 1.29 is 19.7 Å². The predicted molar refractivity (Wildman–Crippen MR) is 122 cm³/mol. The van der Waals surface area contributed by atoms with E-state index >= 15 is 0 Å². The normalized spacial score (nSPS) is 10.7. The van der Waals surface area contributed by atoms with Crippen molar-refractivity contribution in [2.24, 2.45) is 0 Å². The van der Waals surface area contributed by atoms with Crippen LogP contribution in [-0.4, -0.2) is 28.2 Å².